The van der Waals surface area contributed by atoms with Crippen LogP contribution in [0.2, 0.25) is 0 Å². The van der Waals surface area contributed by atoms with E-state index in [2.05, 4.69) is 31.2 Å². The predicted molar refractivity (Wildman–Crippen MR) is 73.8 cm³/mol. The number of carbonyl (C=O) groups excluding carboxylic acids is 1. The van der Waals surface area contributed by atoms with Crippen molar-refractivity contribution in [3.05, 3.63) is 29.8 Å². The summed E-state index contributed by atoms with van der Waals surface area (Å²) < 4.78 is 0. The van der Waals surface area contributed by atoms with E-state index >= 15 is 0 Å². The van der Waals surface area contributed by atoms with Crippen LogP contribution in [0.4, 0.5) is 5.69 Å². The van der Waals surface area contributed by atoms with Gasteiger partial charge >= 0.3 is 0 Å². The number of anilines is 1. The Morgan fingerprint density at radius 1 is 1.28 bits per heavy atom. The van der Waals surface area contributed by atoms with Crippen LogP contribution in [0.3, 0.4) is 0 Å². The van der Waals surface area contributed by atoms with Crippen LogP contribution < -0.4 is 4.90 Å². The molecule has 2 heteroatoms. The van der Waals surface area contributed by atoms with Crippen molar-refractivity contribution in [1.29, 1.82) is 0 Å². The largest absolute Gasteiger partial charge is 0.311 e. The van der Waals surface area contributed by atoms with E-state index in [0.29, 0.717) is 12.3 Å². The molecule has 1 aliphatic carbocycles. The molecule has 1 saturated carbocycles. The molecule has 1 aromatic carbocycles. The van der Waals surface area contributed by atoms with Gasteiger partial charge < -0.3 is 4.90 Å². The van der Waals surface area contributed by atoms with E-state index in [4.69, 9.17) is 0 Å². The number of hydrogen-bond donors (Lipinski definition) is 0. The second kappa shape index (κ2) is 4.42. The topological polar surface area (TPSA) is 20.3 Å². The van der Waals surface area contributed by atoms with Gasteiger partial charge in [-0.1, -0.05) is 38.0 Å². The van der Waals surface area contributed by atoms with Gasteiger partial charge in [-0.25, -0.2) is 0 Å². The van der Waals surface area contributed by atoms with Crippen LogP contribution in [0.25, 0.3) is 0 Å². The van der Waals surface area contributed by atoms with Crippen molar-refractivity contribution in [3.63, 3.8) is 0 Å². The van der Waals surface area contributed by atoms with Gasteiger partial charge in [0.2, 0.25) is 5.91 Å². The first-order chi connectivity index (χ1) is 8.77. The number of para-hydroxylation sites is 1. The van der Waals surface area contributed by atoms with Crippen molar-refractivity contribution in [1.82, 2.24) is 0 Å². The molecule has 2 aliphatic rings. The molecular formula is C16H21NO. The Bertz CT molecular complexity index is 460. The van der Waals surface area contributed by atoms with Crippen LogP contribution in [0.15, 0.2) is 24.3 Å². The minimum atomic E-state index is 0.278. The third kappa shape index (κ3) is 1.66. The highest BCUT2D eigenvalue weighted by Gasteiger charge is 2.45. The minimum Gasteiger partial charge on any atom is -0.311 e. The van der Waals surface area contributed by atoms with E-state index < -0.39 is 0 Å². The molecule has 0 saturated heterocycles. The van der Waals surface area contributed by atoms with Crippen LogP contribution in [0.1, 0.15) is 51.0 Å². The molecule has 1 aromatic rings. The third-order valence-electron chi connectivity index (χ3n) is 4.55. The Balaban J connectivity index is 1.99. The fraction of sp³-hybridized carbons (Fsp3) is 0.562. The summed E-state index contributed by atoms with van der Waals surface area (Å²) in [6.07, 6.45) is 6.73. The summed E-state index contributed by atoms with van der Waals surface area (Å²) >= 11 is 0. The van der Waals surface area contributed by atoms with Crippen molar-refractivity contribution < 1.29 is 4.79 Å². The molecule has 18 heavy (non-hydrogen) atoms. The second-order valence-corrected chi connectivity index (χ2v) is 5.73. The quantitative estimate of drug-likeness (QED) is 0.776. The fourth-order valence-corrected chi connectivity index (χ4v) is 3.68. The molecule has 1 aliphatic heterocycles. The van der Waals surface area contributed by atoms with Crippen molar-refractivity contribution >= 4 is 11.6 Å². The lowest BCUT2D eigenvalue weighted by Crippen LogP contribution is -2.35. The number of nitrogens with zero attached hydrogens (tertiary/aromatic N) is 1. The van der Waals surface area contributed by atoms with Gasteiger partial charge in [-0.05, 0) is 30.9 Å². The molecule has 2 nitrogen and oxygen atoms in total. The van der Waals surface area contributed by atoms with E-state index in [1.807, 2.05) is 4.90 Å². The van der Waals surface area contributed by atoms with E-state index in [1.165, 1.54) is 36.9 Å². The summed E-state index contributed by atoms with van der Waals surface area (Å²) in [4.78, 5) is 14.3. The first-order valence-electron chi connectivity index (χ1n) is 7.17. The maximum Gasteiger partial charge on any atom is 0.227 e. The lowest BCUT2D eigenvalue weighted by molar-refractivity contribution is -0.118. The molecule has 1 amide bonds. The van der Waals surface area contributed by atoms with Crippen LogP contribution in [0, 0.1) is 0 Å². The van der Waals surface area contributed by atoms with Crippen molar-refractivity contribution in [2.24, 2.45) is 0 Å². The number of hydrogen-bond acceptors (Lipinski definition) is 1. The second-order valence-electron chi connectivity index (χ2n) is 5.73. The van der Waals surface area contributed by atoms with Crippen molar-refractivity contribution in [2.45, 2.75) is 50.9 Å². The highest BCUT2D eigenvalue weighted by Crippen LogP contribution is 2.50. The number of benzene rings is 1. The summed E-state index contributed by atoms with van der Waals surface area (Å²) in [6, 6.07) is 8.53. The molecule has 0 radical (unpaired) electrons. The molecular weight excluding hydrogens is 222 g/mol. The molecule has 0 unspecified atom stereocenters. The SMILES string of the molecule is CCCC(=O)N1CC2(CCCC2)c2ccccc21. The zero-order valence-electron chi connectivity index (χ0n) is 11.1. The lowest BCUT2D eigenvalue weighted by Gasteiger charge is -2.24. The molecule has 96 valence electrons. The monoisotopic (exact) mass is 243 g/mol. The summed E-state index contributed by atoms with van der Waals surface area (Å²) in [5.74, 6) is 0.300. The Morgan fingerprint density at radius 2 is 2.00 bits per heavy atom. The van der Waals surface area contributed by atoms with Crippen molar-refractivity contribution in [3.8, 4) is 0 Å². The Morgan fingerprint density at radius 3 is 2.72 bits per heavy atom. The highest BCUT2D eigenvalue weighted by molar-refractivity contribution is 5.96. The van der Waals surface area contributed by atoms with Crippen LogP contribution in [-0.2, 0) is 10.2 Å². The normalized spacial score (nSPS) is 20.4. The summed E-state index contributed by atoms with van der Waals surface area (Å²) in [5, 5.41) is 0. The molecule has 0 aromatic heterocycles. The van der Waals surface area contributed by atoms with Crippen LogP contribution in [-0.4, -0.2) is 12.5 Å². The van der Waals surface area contributed by atoms with E-state index in [0.717, 1.165) is 13.0 Å². The van der Waals surface area contributed by atoms with Crippen LogP contribution in [0.5, 0.6) is 0 Å². The Hall–Kier alpha value is -1.31. The highest BCUT2D eigenvalue weighted by atomic mass is 16.2. The maximum atomic E-state index is 12.3. The minimum absolute atomic E-state index is 0.278. The van der Waals surface area contributed by atoms with Gasteiger partial charge in [-0.3, -0.25) is 4.79 Å². The molecule has 1 heterocycles. The van der Waals surface area contributed by atoms with Gasteiger partial charge in [0.05, 0.1) is 0 Å². The van der Waals surface area contributed by atoms with E-state index in [1.54, 1.807) is 0 Å². The third-order valence-corrected chi connectivity index (χ3v) is 4.55. The fourth-order valence-electron chi connectivity index (χ4n) is 3.68. The maximum absolute atomic E-state index is 12.3. The van der Waals surface area contributed by atoms with Gasteiger partial charge in [0.25, 0.3) is 0 Å². The standard InChI is InChI=1S/C16H21NO/c1-2-7-15(18)17-12-16(10-5-6-11-16)13-8-3-4-9-14(13)17/h3-4,8-9H,2,5-7,10-12H2,1H3. The van der Waals surface area contributed by atoms with Gasteiger partial charge in [0.1, 0.15) is 0 Å². The molecule has 1 spiro atoms. The first kappa shape index (κ1) is 11.8. The molecule has 0 N–H and O–H groups in total. The zero-order chi connectivity index (χ0) is 12.6. The average molecular weight is 243 g/mol. The van der Waals surface area contributed by atoms with E-state index in [-0.39, 0.29) is 5.41 Å². The number of rotatable bonds is 2. The average Bonchev–Trinajstić information content (AvgIpc) is 2.98. The Labute approximate surface area is 109 Å². The predicted octanol–water partition coefficient (Wildman–Crippen LogP) is 3.65. The lowest BCUT2D eigenvalue weighted by atomic mass is 9.81. The molecule has 0 atom stereocenters. The van der Waals surface area contributed by atoms with Gasteiger partial charge in [0, 0.05) is 24.1 Å². The summed E-state index contributed by atoms with van der Waals surface area (Å²) in [7, 11) is 0. The number of carbonyl (C=O) groups is 1. The molecule has 1 fully saturated rings. The van der Waals surface area contributed by atoms with Crippen LogP contribution >= 0.6 is 0 Å². The molecule has 3 rings (SSSR count). The van der Waals surface area contributed by atoms with Crippen molar-refractivity contribution in [2.75, 3.05) is 11.4 Å². The smallest absolute Gasteiger partial charge is 0.227 e. The zero-order valence-corrected chi connectivity index (χ0v) is 11.1. The Kier molecular flexibility index (Phi) is 2.89. The summed E-state index contributed by atoms with van der Waals surface area (Å²) in [6.45, 7) is 3.00. The number of amides is 1. The van der Waals surface area contributed by atoms with Gasteiger partial charge in [0.15, 0.2) is 0 Å². The summed E-state index contributed by atoms with van der Waals surface area (Å²) in [5.41, 5.74) is 2.88. The van der Waals surface area contributed by atoms with E-state index in [9.17, 15) is 4.79 Å². The van der Waals surface area contributed by atoms with Gasteiger partial charge in [-0.15, -0.1) is 0 Å². The first-order valence-corrected chi connectivity index (χ1v) is 7.17. The molecule has 0 bridgehead atoms. The number of fused-ring (bicyclic) bond motifs is 2. The van der Waals surface area contributed by atoms with Gasteiger partial charge in [-0.2, -0.15) is 0 Å².